The van der Waals surface area contributed by atoms with Crippen LogP contribution in [0.1, 0.15) is 8.35 Å². The third-order valence-corrected chi connectivity index (χ3v) is 4.60. The zero-order valence-electron chi connectivity index (χ0n) is 16.7. The number of fused-ring (bicyclic) bond motifs is 1. The molecule has 0 aliphatic carbocycles. The summed E-state index contributed by atoms with van der Waals surface area (Å²) in [5, 5.41) is 8.50. The van der Waals surface area contributed by atoms with Crippen molar-refractivity contribution in [3.63, 3.8) is 0 Å². The number of nitrogens with two attached hydrogens (primary N) is 1. The monoisotopic (exact) mass is 400 g/mol. The number of methoxy groups -OCH3 is 1. The number of aromatic nitrogens is 2. The molecule has 1 aliphatic rings. The molecule has 3 N–H and O–H groups in total. The van der Waals surface area contributed by atoms with E-state index in [2.05, 4.69) is 31.9 Å². The molecule has 0 unspecified atom stereocenters. The molecule has 0 radical (unpaired) electrons. The molecule has 0 atom stereocenters. The lowest BCUT2D eigenvalue weighted by Crippen LogP contribution is -2.36. The van der Waals surface area contributed by atoms with Crippen molar-refractivity contribution in [1.82, 2.24) is 9.97 Å². The molecule has 156 valence electrons. The highest BCUT2D eigenvalue weighted by molar-refractivity contribution is 5.94. The summed E-state index contributed by atoms with van der Waals surface area (Å²) in [6.07, 6.45) is 3.64. The van der Waals surface area contributed by atoms with Gasteiger partial charge in [-0.15, -0.1) is 0 Å². The van der Waals surface area contributed by atoms with E-state index in [1.54, 1.807) is 20.2 Å². The molecule has 0 spiro atoms. The molecule has 1 fully saturated rings. The Morgan fingerprint density at radius 1 is 1.17 bits per heavy atom. The number of hydrogen-bond acceptors (Lipinski definition) is 8. The lowest BCUT2D eigenvalue weighted by Gasteiger charge is -2.29. The Kier molecular flexibility index (Phi) is 7.18. The topological polar surface area (TPSA) is 103 Å². The van der Waals surface area contributed by atoms with E-state index in [1.165, 1.54) is 5.69 Å². The predicted octanol–water partition coefficient (Wildman–Crippen LogP) is 3.47. The van der Waals surface area contributed by atoms with Crippen molar-refractivity contribution in [3.8, 4) is 17.0 Å². The van der Waals surface area contributed by atoms with E-state index in [1.807, 2.05) is 24.4 Å². The van der Waals surface area contributed by atoms with Gasteiger partial charge in [0.15, 0.2) is 0 Å². The Labute approximate surface area is 171 Å². The van der Waals surface area contributed by atoms with E-state index in [0.717, 1.165) is 48.3 Å². The van der Waals surface area contributed by atoms with Crippen LogP contribution >= 0.6 is 0 Å². The standard InChI is InChI=1S/C19H20N4O2.C2H6O2.H2/c1-24-19-16(20)11-14(12-22-19)13-2-3-17-15(10-13)18(4-5-21-17)23-6-8-25-9-7-23;1-2-4-3;/h2-5,10-12H,6-9,20H2,1H3;3H,2H2,1H3;1H. The molecule has 4 rings (SSSR count). The summed E-state index contributed by atoms with van der Waals surface area (Å²) >= 11 is 0. The van der Waals surface area contributed by atoms with Crippen LogP contribution in [0.5, 0.6) is 5.88 Å². The third kappa shape index (κ3) is 4.92. The molecule has 0 saturated carbocycles. The lowest BCUT2D eigenvalue weighted by molar-refractivity contribution is -0.237. The van der Waals surface area contributed by atoms with Crippen LogP contribution in [-0.2, 0) is 9.62 Å². The predicted molar refractivity (Wildman–Crippen MR) is 115 cm³/mol. The van der Waals surface area contributed by atoms with Crippen molar-refractivity contribution in [2.24, 2.45) is 0 Å². The molecule has 2 aromatic heterocycles. The van der Waals surface area contributed by atoms with Crippen molar-refractivity contribution in [2.45, 2.75) is 6.92 Å². The first kappa shape index (κ1) is 20.8. The Bertz CT molecular complexity index is 949. The minimum atomic E-state index is 0. The summed E-state index contributed by atoms with van der Waals surface area (Å²) in [7, 11) is 1.56. The van der Waals surface area contributed by atoms with Crippen molar-refractivity contribution < 1.29 is 21.0 Å². The normalized spacial score (nSPS) is 13.7. The highest BCUT2D eigenvalue weighted by Gasteiger charge is 2.15. The van der Waals surface area contributed by atoms with Crippen LogP contribution in [0.4, 0.5) is 11.4 Å². The summed E-state index contributed by atoms with van der Waals surface area (Å²) in [5.41, 5.74) is 10.7. The zero-order chi connectivity index (χ0) is 20.6. The number of benzene rings is 1. The molecule has 0 bridgehead atoms. The van der Waals surface area contributed by atoms with Gasteiger partial charge in [-0.1, -0.05) is 6.07 Å². The van der Waals surface area contributed by atoms with E-state index in [4.69, 9.17) is 20.5 Å². The van der Waals surface area contributed by atoms with Gasteiger partial charge in [0.2, 0.25) is 5.88 Å². The number of ether oxygens (including phenoxy) is 2. The highest BCUT2D eigenvalue weighted by atomic mass is 17.1. The van der Waals surface area contributed by atoms with Gasteiger partial charge in [0.25, 0.3) is 0 Å². The molecule has 1 aliphatic heterocycles. The first-order chi connectivity index (χ1) is 14.2. The number of hydrogen-bond donors (Lipinski definition) is 2. The Morgan fingerprint density at radius 3 is 2.59 bits per heavy atom. The summed E-state index contributed by atoms with van der Waals surface area (Å²) in [6, 6.07) is 10.2. The Balaban J connectivity index is 0.000000591. The highest BCUT2D eigenvalue weighted by Crippen LogP contribution is 2.32. The summed E-state index contributed by atoms with van der Waals surface area (Å²) < 4.78 is 10.6. The van der Waals surface area contributed by atoms with Crippen LogP contribution in [0.3, 0.4) is 0 Å². The van der Waals surface area contributed by atoms with Gasteiger partial charge in [0.1, 0.15) is 0 Å². The summed E-state index contributed by atoms with van der Waals surface area (Å²) in [5.74, 6) is 0.445. The van der Waals surface area contributed by atoms with Crippen LogP contribution < -0.4 is 15.4 Å². The molecular formula is C21H28N4O4. The largest absolute Gasteiger partial charge is 0.480 e. The number of rotatable bonds is 4. The number of nitrogen functional groups attached to an aromatic ring is 1. The van der Waals surface area contributed by atoms with Gasteiger partial charge in [-0.3, -0.25) is 10.2 Å². The van der Waals surface area contributed by atoms with E-state index in [-0.39, 0.29) is 1.43 Å². The zero-order valence-corrected chi connectivity index (χ0v) is 16.7. The molecule has 1 aromatic carbocycles. The Morgan fingerprint density at radius 2 is 1.93 bits per heavy atom. The molecule has 0 amide bonds. The van der Waals surface area contributed by atoms with E-state index >= 15 is 0 Å². The van der Waals surface area contributed by atoms with Gasteiger partial charge in [-0.25, -0.2) is 9.87 Å². The number of nitrogens with zero attached hydrogens (tertiary/aromatic N) is 3. The first-order valence-electron chi connectivity index (χ1n) is 9.45. The Hall–Kier alpha value is -2.94. The fourth-order valence-electron chi connectivity index (χ4n) is 3.19. The lowest BCUT2D eigenvalue weighted by atomic mass is 10.0. The number of pyridine rings is 2. The van der Waals surface area contributed by atoms with Crippen LogP contribution in [0.25, 0.3) is 22.0 Å². The average molecular weight is 400 g/mol. The van der Waals surface area contributed by atoms with E-state index < -0.39 is 0 Å². The molecule has 1 saturated heterocycles. The SMILES string of the molecule is CCOO.COc1ncc(-c2ccc3nccc(N4CCOCC4)c3c2)cc1N.[HH]. The second-order valence-corrected chi connectivity index (χ2v) is 6.40. The van der Waals surface area contributed by atoms with Crippen molar-refractivity contribution in [1.29, 1.82) is 0 Å². The molecule has 3 aromatic rings. The summed E-state index contributed by atoms with van der Waals surface area (Å²) in [6.45, 7) is 5.37. The van der Waals surface area contributed by atoms with Crippen molar-refractivity contribution in [3.05, 3.63) is 42.7 Å². The maximum atomic E-state index is 7.38. The third-order valence-electron chi connectivity index (χ3n) is 4.60. The van der Waals surface area contributed by atoms with E-state index in [9.17, 15) is 0 Å². The quantitative estimate of drug-likeness (QED) is 0.507. The van der Waals surface area contributed by atoms with Gasteiger partial charge in [-0.05, 0) is 36.8 Å². The fraction of sp³-hybridized carbons (Fsp3) is 0.333. The first-order valence-corrected chi connectivity index (χ1v) is 9.45. The smallest absolute Gasteiger partial charge is 0.236 e. The minimum Gasteiger partial charge on any atom is -0.480 e. The van der Waals surface area contributed by atoms with Gasteiger partial charge >= 0.3 is 0 Å². The molecular weight excluding hydrogens is 372 g/mol. The van der Waals surface area contributed by atoms with Crippen molar-refractivity contribution in [2.75, 3.05) is 50.7 Å². The maximum absolute atomic E-state index is 7.38. The van der Waals surface area contributed by atoms with E-state index in [0.29, 0.717) is 18.2 Å². The second kappa shape index (κ2) is 10.0. The van der Waals surface area contributed by atoms with Crippen LogP contribution in [0.2, 0.25) is 0 Å². The number of anilines is 2. The molecule has 3 heterocycles. The van der Waals surface area contributed by atoms with Gasteiger partial charge < -0.3 is 20.1 Å². The van der Waals surface area contributed by atoms with Gasteiger partial charge in [0.05, 0.1) is 38.1 Å². The van der Waals surface area contributed by atoms with Gasteiger partial charge in [0, 0.05) is 43.5 Å². The summed E-state index contributed by atoms with van der Waals surface area (Å²) in [4.78, 5) is 14.7. The maximum Gasteiger partial charge on any atom is 0.236 e. The van der Waals surface area contributed by atoms with Gasteiger partial charge in [-0.2, -0.15) is 0 Å². The van der Waals surface area contributed by atoms with Crippen molar-refractivity contribution >= 4 is 22.3 Å². The molecule has 8 nitrogen and oxygen atoms in total. The average Bonchev–Trinajstić information content (AvgIpc) is 2.79. The van der Waals surface area contributed by atoms with Crippen LogP contribution in [0, 0.1) is 0 Å². The van der Waals surface area contributed by atoms with Crippen LogP contribution in [0.15, 0.2) is 42.7 Å². The minimum absolute atomic E-state index is 0. The molecule has 29 heavy (non-hydrogen) atoms. The van der Waals surface area contributed by atoms with Crippen LogP contribution in [-0.4, -0.2) is 55.2 Å². The fourth-order valence-corrected chi connectivity index (χ4v) is 3.19. The number of morpholine rings is 1. The molecule has 8 heteroatoms. The second-order valence-electron chi connectivity index (χ2n) is 6.40.